The van der Waals surface area contributed by atoms with Gasteiger partial charge in [-0.2, -0.15) is 0 Å². The highest BCUT2D eigenvalue weighted by atomic mass is 32.1. The lowest BCUT2D eigenvalue weighted by Crippen LogP contribution is -2.36. The first-order valence-electron chi connectivity index (χ1n) is 7.45. The molecule has 1 aliphatic rings. The number of nitrogens with zero attached hydrogens (tertiary/aromatic N) is 2. The van der Waals surface area contributed by atoms with E-state index in [1.165, 1.54) is 24.1 Å². The van der Waals surface area contributed by atoms with E-state index in [-0.39, 0.29) is 12.4 Å². The van der Waals surface area contributed by atoms with Gasteiger partial charge in [-0.1, -0.05) is 0 Å². The van der Waals surface area contributed by atoms with Crippen molar-refractivity contribution in [3.05, 3.63) is 35.3 Å². The minimum absolute atomic E-state index is 0.199. The second-order valence-electron chi connectivity index (χ2n) is 5.17. The highest BCUT2D eigenvalue weighted by Crippen LogP contribution is 2.24. The maximum atomic E-state index is 11.2. The van der Waals surface area contributed by atoms with Gasteiger partial charge in [0.1, 0.15) is 0 Å². The van der Waals surface area contributed by atoms with Gasteiger partial charge in [0.25, 0.3) is 0 Å². The van der Waals surface area contributed by atoms with Crippen LogP contribution in [0.25, 0.3) is 0 Å². The predicted molar refractivity (Wildman–Crippen MR) is 90.6 cm³/mol. The van der Waals surface area contributed by atoms with E-state index in [0.717, 1.165) is 37.1 Å². The van der Waals surface area contributed by atoms with Crippen LogP contribution < -0.4 is 10.2 Å². The van der Waals surface area contributed by atoms with E-state index in [1.54, 1.807) is 0 Å². The van der Waals surface area contributed by atoms with Gasteiger partial charge in [0, 0.05) is 29.8 Å². The monoisotopic (exact) mass is 333 g/mol. The Labute approximate surface area is 139 Å². The van der Waals surface area contributed by atoms with Crippen molar-refractivity contribution in [1.29, 1.82) is 0 Å². The number of thiazole rings is 1. The molecule has 1 N–H and O–H groups in total. The Morgan fingerprint density at radius 3 is 2.78 bits per heavy atom. The highest BCUT2D eigenvalue weighted by molar-refractivity contribution is 7.13. The number of esters is 1. The first-order valence-corrected chi connectivity index (χ1v) is 8.33. The van der Waals surface area contributed by atoms with Crippen molar-refractivity contribution in [3.8, 4) is 0 Å². The van der Waals surface area contributed by atoms with Crippen LogP contribution >= 0.6 is 11.3 Å². The largest absolute Gasteiger partial charge is 0.469 e. The number of aromatic nitrogens is 1. The summed E-state index contributed by atoms with van der Waals surface area (Å²) in [4.78, 5) is 17.9. The molecule has 0 saturated carbocycles. The molecule has 0 amide bonds. The van der Waals surface area contributed by atoms with Gasteiger partial charge in [-0.25, -0.2) is 4.98 Å². The van der Waals surface area contributed by atoms with E-state index in [4.69, 9.17) is 4.74 Å². The molecule has 122 valence electrons. The van der Waals surface area contributed by atoms with Gasteiger partial charge in [0.05, 0.1) is 32.4 Å². The van der Waals surface area contributed by atoms with Crippen molar-refractivity contribution in [2.45, 2.75) is 6.42 Å². The zero-order valence-electron chi connectivity index (χ0n) is 12.9. The molecule has 0 spiro atoms. The van der Waals surface area contributed by atoms with Crippen molar-refractivity contribution >= 4 is 33.8 Å². The molecule has 3 rings (SSSR count). The smallest absolute Gasteiger partial charge is 0.311 e. The van der Waals surface area contributed by atoms with Crippen molar-refractivity contribution in [3.63, 3.8) is 0 Å². The number of hydrogen-bond donors (Lipinski definition) is 1. The van der Waals surface area contributed by atoms with Gasteiger partial charge in [0.2, 0.25) is 0 Å². The molecule has 0 atom stereocenters. The maximum Gasteiger partial charge on any atom is 0.311 e. The lowest BCUT2D eigenvalue weighted by Gasteiger charge is -2.28. The molecule has 0 aliphatic carbocycles. The highest BCUT2D eigenvalue weighted by Gasteiger charge is 2.11. The van der Waals surface area contributed by atoms with Crippen molar-refractivity contribution in [1.82, 2.24) is 4.98 Å². The van der Waals surface area contributed by atoms with E-state index in [0.29, 0.717) is 5.69 Å². The van der Waals surface area contributed by atoms with E-state index >= 15 is 0 Å². The number of rotatable bonds is 5. The fourth-order valence-corrected chi connectivity index (χ4v) is 3.10. The molecule has 2 aromatic rings. The van der Waals surface area contributed by atoms with Gasteiger partial charge in [-0.3, -0.25) is 4.79 Å². The number of anilines is 3. The third-order valence-electron chi connectivity index (χ3n) is 3.60. The summed E-state index contributed by atoms with van der Waals surface area (Å²) in [6.07, 6.45) is 0.199. The second kappa shape index (κ2) is 7.43. The molecule has 23 heavy (non-hydrogen) atoms. The van der Waals surface area contributed by atoms with Crippen molar-refractivity contribution in [2.75, 3.05) is 43.6 Å². The van der Waals surface area contributed by atoms with Crippen LogP contribution in [0.3, 0.4) is 0 Å². The third-order valence-corrected chi connectivity index (χ3v) is 4.41. The second-order valence-corrected chi connectivity index (χ2v) is 6.03. The van der Waals surface area contributed by atoms with E-state index in [1.807, 2.05) is 17.5 Å². The van der Waals surface area contributed by atoms with Gasteiger partial charge in [0.15, 0.2) is 5.13 Å². The lowest BCUT2D eigenvalue weighted by molar-refractivity contribution is -0.139. The minimum atomic E-state index is -0.281. The predicted octanol–water partition coefficient (Wildman–Crippen LogP) is 2.44. The molecule has 1 aromatic heterocycles. The minimum Gasteiger partial charge on any atom is -0.469 e. The molecule has 6 nitrogen and oxygen atoms in total. The summed E-state index contributed by atoms with van der Waals surface area (Å²) >= 11 is 1.47. The molecule has 0 bridgehead atoms. The van der Waals surface area contributed by atoms with Crippen LogP contribution in [0.4, 0.5) is 16.5 Å². The van der Waals surface area contributed by atoms with Crippen LogP contribution in [0.15, 0.2) is 29.6 Å². The molecular weight excluding hydrogens is 314 g/mol. The fourth-order valence-electron chi connectivity index (χ4n) is 2.37. The molecule has 1 aliphatic heterocycles. The summed E-state index contributed by atoms with van der Waals surface area (Å²) in [7, 11) is 1.38. The van der Waals surface area contributed by atoms with E-state index < -0.39 is 0 Å². The van der Waals surface area contributed by atoms with Crippen LogP contribution in [0.1, 0.15) is 5.69 Å². The number of carbonyl (C=O) groups excluding carboxylic acids is 1. The number of nitrogens with one attached hydrogen (secondary N) is 1. The standard InChI is InChI=1S/C16H19N3O3S/c1-21-15(20)10-13-11-23-16(18-13)17-12-2-4-14(5-3-12)19-6-8-22-9-7-19/h2-5,11H,6-10H2,1H3,(H,17,18). The van der Waals surface area contributed by atoms with E-state index in [9.17, 15) is 4.79 Å². The molecule has 1 saturated heterocycles. The Hall–Kier alpha value is -2.12. The number of hydrogen-bond acceptors (Lipinski definition) is 7. The number of carbonyl (C=O) groups is 1. The molecule has 7 heteroatoms. The van der Waals surface area contributed by atoms with Crippen LogP contribution in [-0.4, -0.2) is 44.4 Å². The van der Waals surface area contributed by atoms with Crippen LogP contribution in [0.2, 0.25) is 0 Å². The van der Waals surface area contributed by atoms with Crippen LogP contribution in [0.5, 0.6) is 0 Å². The normalized spacial score (nSPS) is 14.6. The lowest BCUT2D eigenvalue weighted by atomic mass is 10.2. The average molecular weight is 333 g/mol. The summed E-state index contributed by atoms with van der Waals surface area (Å²) in [5, 5.41) is 5.89. The summed E-state index contributed by atoms with van der Waals surface area (Å²) in [5.74, 6) is -0.281. The Bertz CT molecular complexity index is 651. The summed E-state index contributed by atoms with van der Waals surface area (Å²) in [6.45, 7) is 3.41. The summed E-state index contributed by atoms with van der Waals surface area (Å²) in [6, 6.07) is 8.26. The van der Waals surface area contributed by atoms with Gasteiger partial charge in [-0.15, -0.1) is 11.3 Å². The Balaban J connectivity index is 1.60. The molecule has 1 aromatic carbocycles. The Morgan fingerprint density at radius 1 is 1.35 bits per heavy atom. The molecule has 0 unspecified atom stereocenters. The summed E-state index contributed by atoms with van der Waals surface area (Å²) in [5.41, 5.74) is 2.89. The SMILES string of the molecule is COC(=O)Cc1csc(Nc2ccc(N3CCOCC3)cc2)n1. The Kier molecular flexibility index (Phi) is 5.09. The average Bonchev–Trinajstić information content (AvgIpc) is 3.03. The molecule has 0 radical (unpaired) electrons. The number of morpholine rings is 1. The van der Waals surface area contributed by atoms with Gasteiger partial charge >= 0.3 is 5.97 Å². The quantitative estimate of drug-likeness (QED) is 0.848. The maximum absolute atomic E-state index is 11.2. The first-order chi connectivity index (χ1) is 11.2. The van der Waals surface area contributed by atoms with Crippen LogP contribution in [-0.2, 0) is 20.7 Å². The van der Waals surface area contributed by atoms with Crippen molar-refractivity contribution < 1.29 is 14.3 Å². The topological polar surface area (TPSA) is 63.7 Å². The van der Waals surface area contributed by atoms with Crippen molar-refractivity contribution in [2.24, 2.45) is 0 Å². The molecular formula is C16H19N3O3S. The zero-order valence-corrected chi connectivity index (χ0v) is 13.8. The van der Waals surface area contributed by atoms with E-state index in [2.05, 4.69) is 32.1 Å². The Morgan fingerprint density at radius 2 is 2.09 bits per heavy atom. The van der Waals surface area contributed by atoms with Gasteiger partial charge < -0.3 is 19.7 Å². The molecule has 1 fully saturated rings. The number of ether oxygens (including phenoxy) is 2. The van der Waals surface area contributed by atoms with Gasteiger partial charge in [-0.05, 0) is 24.3 Å². The zero-order chi connectivity index (χ0) is 16.1. The number of methoxy groups -OCH3 is 1. The van der Waals surface area contributed by atoms with Crippen LogP contribution in [0, 0.1) is 0 Å². The summed E-state index contributed by atoms with van der Waals surface area (Å²) < 4.78 is 10.0. The third kappa shape index (κ3) is 4.20. The number of benzene rings is 1. The first kappa shape index (κ1) is 15.8. The fraction of sp³-hybridized carbons (Fsp3) is 0.375. The molecule has 2 heterocycles.